The summed E-state index contributed by atoms with van der Waals surface area (Å²) in [5.41, 5.74) is 0. The van der Waals surface area contributed by atoms with Crippen molar-refractivity contribution in [3.05, 3.63) is 0 Å². The molecule has 0 aliphatic rings. The molecular weight excluding hydrogens is 261 g/mol. The molecule has 1 radical (unpaired) electrons. The Labute approximate surface area is 78.5 Å². The molecule has 0 aromatic carbocycles. The topological polar surface area (TPSA) is 37.3 Å². The number of hydrogen-bond donors (Lipinski definition) is 1. The minimum Gasteiger partial charge on any atom is -0.481 e. The van der Waals surface area contributed by atoms with Crippen LogP contribution in [0.2, 0.25) is 0 Å². The molecule has 0 aliphatic heterocycles. The molecule has 0 atom stereocenters. The minimum absolute atomic E-state index is 0. The number of carboxylic acid groups (broad SMARTS) is 1. The summed E-state index contributed by atoms with van der Waals surface area (Å²) in [6, 6.07) is 0. The van der Waals surface area contributed by atoms with Crippen LogP contribution in [0.4, 0.5) is 0 Å². The van der Waals surface area contributed by atoms with Crippen molar-refractivity contribution in [2.24, 2.45) is 0 Å². The van der Waals surface area contributed by atoms with Gasteiger partial charge in [-0.25, -0.2) is 0 Å². The van der Waals surface area contributed by atoms with Crippen LogP contribution in [0.3, 0.4) is 0 Å². The molecule has 0 saturated heterocycles. The maximum absolute atomic E-state index is 9.76. The molecule has 0 aromatic rings. The third kappa shape index (κ3) is 9.86. The standard InChI is InChI=1S/C5H10O2.Tm/c1-2-3-4-5(6)7;/h2-4H2,1H3,(H,6,7);. The Hall–Kier alpha value is 0.704. The zero-order chi connectivity index (χ0) is 5.70. The van der Waals surface area contributed by atoms with Gasteiger partial charge in [0.05, 0.1) is 0 Å². The van der Waals surface area contributed by atoms with Gasteiger partial charge < -0.3 is 5.11 Å². The molecular formula is C5H10O2Tm. The smallest absolute Gasteiger partial charge is 0.303 e. The van der Waals surface area contributed by atoms with E-state index in [1.165, 1.54) is 0 Å². The average molecular weight is 271 g/mol. The summed E-state index contributed by atoms with van der Waals surface area (Å²) in [6.07, 6.45) is 2.08. The van der Waals surface area contributed by atoms with Crippen molar-refractivity contribution >= 4 is 5.97 Å². The predicted octanol–water partition coefficient (Wildman–Crippen LogP) is 1.26. The summed E-state index contributed by atoms with van der Waals surface area (Å²) in [5.74, 6) is -0.693. The van der Waals surface area contributed by atoms with Gasteiger partial charge in [-0.05, 0) is 6.42 Å². The second kappa shape index (κ2) is 7.70. The van der Waals surface area contributed by atoms with Crippen LogP contribution in [0, 0.1) is 36.9 Å². The van der Waals surface area contributed by atoms with E-state index in [2.05, 4.69) is 0 Å². The fraction of sp³-hybridized carbons (Fsp3) is 0.800. The molecule has 0 heterocycles. The molecule has 55 valence electrons. The molecule has 0 aliphatic carbocycles. The van der Waals surface area contributed by atoms with Crippen LogP contribution in [0.1, 0.15) is 26.2 Å². The molecule has 0 bridgehead atoms. The van der Waals surface area contributed by atoms with Crippen molar-refractivity contribution < 1.29 is 46.8 Å². The van der Waals surface area contributed by atoms with Gasteiger partial charge in [0.25, 0.3) is 0 Å². The molecule has 8 heavy (non-hydrogen) atoms. The quantitative estimate of drug-likeness (QED) is 0.839. The SMILES string of the molecule is CCCCC(=O)O.[Tm]. The van der Waals surface area contributed by atoms with E-state index >= 15 is 0 Å². The van der Waals surface area contributed by atoms with E-state index < -0.39 is 5.97 Å². The fourth-order valence-corrected chi connectivity index (χ4v) is 0.328. The number of carbonyl (C=O) groups is 1. The van der Waals surface area contributed by atoms with Crippen LogP contribution >= 0.6 is 0 Å². The first-order valence-corrected chi connectivity index (χ1v) is 2.49. The van der Waals surface area contributed by atoms with E-state index in [0.717, 1.165) is 12.8 Å². The van der Waals surface area contributed by atoms with E-state index in [0.29, 0.717) is 6.42 Å². The van der Waals surface area contributed by atoms with Gasteiger partial charge in [0.15, 0.2) is 0 Å². The maximum Gasteiger partial charge on any atom is 0.303 e. The Morgan fingerprint density at radius 2 is 2.12 bits per heavy atom. The van der Waals surface area contributed by atoms with Crippen molar-refractivity contribution in [2.75, 3.05) is 0 Å². The van der Waals surface area contributed by atoms with Gasteiger partial charge in [0, 0.05) is 43.3 Å². The summed E-state index contributed by atoms with van der Waals surface area (Å²) < 4.78 is 0. The molecule has 0 aromatic heterocycles. The largest absolute Gasteiger partial charge is 0.481 e. The molecule has 1 N–H and O–H groups in total. The van der Waals surface area contributed by atoms with E-state index in [1.807, 2.05) is 6.92 Å². The van der Waals surface area contributed by atoms with Gasteiger partial charge in [-0.2, -0.15) is 0 Å². The minimum atomic E-state index is -0.693. The van der Waals surface area contributed by atoms with Crippen LogP contribution in [0.25, 0.3) is 0 Å². The summed E-state index contributed by atoms with van der Waals surface area (Å²) in [4.78, 5) is 9.76. The molecule has 0 amide bonds. The van der Waals surface area contributed by atoms with Gasteiger partial charge in [-0.15, -0.1) is 0 Å². The van der Waals surface area contributed by atoms with Crippen LogP contribution in [0.15, 0.2) is 0 Å². The zero-order valence-corrected chi connectivity index (χ0v) is 6.53. The summed E-state index contributed by atoms with van der Waals surface area (Å²) in [5, 5.41) is 8.04. The zero-order valence-electron chi connectivity index (χ0n) is 4.75. The molecule has 0 saturated carbocycles. The molecule has 2 nitrogen and oxygen atoms in total. The van der Waals surface area contributed by atoms with E-state index in [4.69, 9.17) is 5.11 Å². The Morgan fingerprint density at radius 3 is 2.25 bits per heavy atom. The number of rotatable bonds is 3. The van der Waals surface area contributed by atoms with Gasteiger partial charge >= 0.3 is 5.97 Å². The van der Waals surface area contributed by atoms with Gasteiger partial charge in [0.1, 0.15) is 0 Å². The van der Waals surface area contributed by atoms with E-state index in [-0.39, 0.29) is 36.9 Å². The van der Waals surface area contributed by atoms with Crippen LogP contribution in [-0.4, -0.2) is 11.1 Å². The number of aliphatic carboxylic acids is 1. The predicted molar refractivity (Wildman–Crippen MR) is 27.2 cm³/mol. The van der Waals surface area contributed by atoms with Crippen molar-refractivity contribution in [1.29, 1.82) is 0 Å². The Bertz CT molecular complexity index is 63.4. The average Bonchev–Trinajstić information content (AvgIpc) is 1.61. The Morgan fingerprint density at radius 1 is 1.62 bits per heavy atom. The Balaban J connectivity index is 0. The van der Waals surface area contributed by atoms with Gasteiger partial charge in [-0.1, -0.05) is 13.3 Å². The number of unbranched alkanes of at least 4 members (excludes halogenated alkanes) is 1. The van der Waals surface area contributed by atoms with Crippen molar-refractivity contribution in [3.8, 4) is 0 Å². The summed E-state index contributed by atoms with van der Waals surface area (Å²) in [7, 11) is 0. The van der Waals surface area contributed by atoms with E-state index in [9.17, 15) is 4.79 Å². The van der Waals surface area contributed by atoms with Crippen LogP contribution in [0.5, 0.6) is 0 Å². The first-order chi connectivity index (χ1) is 3.27. The van der Waals surface area contributed by atoms with Crippen molar-refractivity contribution in [3.63, 3.8) is 0 Å². The number of hydrogen-bond acceptors (Lipinski definition) is 1. The second-order valence-corrected chi connectivity index (χ2v) is 1.50. The Kier molecular flexibility index (Phi) is 11.1. The molecule has 3 heteroatoms. The normalized spacial score (nSPS) is 7.62. The summed E-state index contributed by atoms with van der Waals surface area (Å²) >= 11 is 0. The van der Waals surface area contributed by atoms with Crippen molar-refractivity contribution in [2.45, 2.75) is 26.2 Å². The maximum atomic E-state index is 9.76. The first kappa shape index (κ1) is 11.5. The molecule has 0 unspecified atom stereocenters. The summed E-state index contributed by atoms with van der Waals surface area (Å²) in [6.45, 7) is 1.98. The van der Waals surface area contributed by atoms with Gasteiger partial charge in [0.2, 0.25) is 0 Å². The monoisotopic (exact) mass is 271 g/mol. The van der Waals surface area contributed by atoms with E-state index in [1.54, 1.807) is 0 Å². The van der Waals surface area contributed by atoms with Gasteiger partial charge in [-0.3, -0.25) is 4.79 Å². The third-order valence-electron chi connectivity index (χ3n) is 0.744. The molecule has 0 spiro atoms. The number of carboxylic acids is 1. The third-order valence-corrected chi connectivity index (χ3v) is 0.744. The fourth-order valence-electron chi connectivity index (χ4n) is 0.328. The second-order valence-electron chi connectivity index (χ2n) is 1.50. The molecule has 0 fully saturated rings. The molecule has 0 rings (SSSR count). The first-order valence-electron chi connectivity index (χ1n) is 2.49. The van der Waals surface area contributed by atoms with Crippen LogP contribution in [-0.2, 0) is 4.79 Å². The van der Waals surface area contributed by atoms with Crippen LogP contribution < -0.4 is 0 Å². The van der Waals surface area contributed by atoms with Crippen molar-refractivity contribution in [1.82, 2.24) is 0 Å².